The molecule has 208 valence electrons. The lowest BCUT2D eigenvalue weighted by atomic mass is 10.1. The van der Waals surface area contributed by atoms with Crippen molar-refractivity contribution in [1.29, 1.82) is 0 Å². The second-order valence-corrected chi connectivity index (χ2v) is 11.6. The number of methoxy groups -OCH3 is 1. The highest BCUT2D eigenvalue weighted by Gasteiger charge is 2.36. The molecule has 0 aliphatic carbocycles. The highest BCUT2D eigenvalue weighted by molar-refractivity contribution is 7.89. The molecule has 0 unspecified atom stereocenters. The van der Waals surface area contributed by atoms with Gasteiger partial charge in [0.05, 0.1) is 29.7 Å². The average molecular weight is 581 g/mol. The smallest absolute Gasteiger partial charge is 0.340 e. The quantitative estimate of drug-likeness (QED) is 0.179. The Labute approximate surface area is 238 Å². The molecule has 40 heavy (non-hydrogen) atoms. The largest absolute Gasteiger partial charge is 0.465 e. The summed E-state index contributed by atoms with van der Waals surface area (Å²) in [5, 5.41) is 0.545. The van der Waals surface area contributed by atoms with Crippen LogP contribution in [-0.4, -0.2) is 43.2 Å². The number of carbonyl (C=O) groups excluding carboxylic acids is 2. The third-order valence-corrected chi connectivity index (χ3v) is 8.50. The van der Waals surface area contributed by atoms with E-state index in [2.05, 4.69) is 6.58 Å². The van der Waals surface area contributed by atoms with Crippen LogP contribution in [-0.2, 0) is 37.4 Å². The molecular weight excluding hydrogens is 552 g/mol. The molecule has 0 saturated carbocycles. The Kier molecular flexibility index (Phi) is 8.78. The first kappa shape index (κ1) is 29.1. The van der Waals surface area contributed by atoms with E-state index < -0.39 is 16.0 Å². The molecule has 2 heterocycles. The van der Waals surface area contributed by atoms with Gasteiger partial charge in [0.15, 0.2) is 0 Å². The van der Waals surface area contributed by atoms with E-state index in [0.29, 0.717) is 16.5 Å². The number of halogens is 1. The number of nitrogens with zero attached hydrogens (tertiary/aromatic N) is 2. The fourth-order valence-corrected chi connectivity index (χ4v) is 5.85. The van der Waals surface area contributed by atoms with Crippen LogP contribution in [0.4, 0.5) is 0 Å². The Morgan fingerprint density at radius 1 is 1.05 bits per heavy atom. The SMILES string of the molecule is C=CCN1C(=O)/C(=C/c2ccc(CN(Cc3ccc(Cl)cc3)S(=O)(=O)c3ccc(C)cc3)o2)C(C(=O)OC)=C1C. The number of carbonyl (C=O) groups is 2. The molecule has 8 nitrogen and oxygen atoms in total. The van der Waals surface area contributed by atoms with Gasteiger partial charge >= 0.3 is 5.97 Å². The van der Waals surface area contributed by atoms with Crippen LogP contribution in [0.25, 0.3) is 6.08 Å². The molecule has 3 aromatic rings. The number of sulfonamides is 1. The van der Waals surface area contributed by atoms with E-state index >= 15 is 0 Å². The van der Waals surface area contributed by atoms with Crippen molar-refractivity contribution in [2.75, 3.05) is 13.7 Å². The van der Waals surface area contributed by atoms with Crippen molar-refractivity contribution in [1.82, 2.24) is 9.21 Å². The van der Waals surface area contributed by atoms with Crippen LogP contribution in [0.5, 0.6) is 0 Å². The van der Waals surface area contributed by atoms with Crippen molar-refractivity contribution in [3.63, 3.8) is 0 Å². The number of esters is 1. The van der Waals surface area contributed by atoms with Crippen LogP contribution in [0.15, 0.2) is 99.5 Å². The maximum Gasteiger partial charge on any atom is 0.340 e. The molecule has 1 aliphatic rings. The van der Waals surface area contributed by atoms with Crippen LogP contribution in [0.2, 0.25) is 5.02 Å². The number of hydrogen-bond donors (Lipinski definition) is 0. The molecule has 0 spiro atoms. The van der Waals surface area contributed by atoms with Gasteiger partial charge in [0.25, 0.3) is 5.91 Å². The predicted molar refractivity (Wildman–Crippen MR) is 152 cm³/mol. The summed E-state index contributed by atoms with van der Waals surface area (Å²) in [7, 11) is -2.66. The van der Waals surface area contributed by atoms with Crippen molar-refractivity contribution >= 4 is 39.6 Å². The van der Waals surface area contributed by atoms with Gasteiger partial charge in [0.2, 0.25) is 10.0 Å². The fourth-order valence-electron chi connectivity index (χ4n) is 4.33. The number of furan rings is 1. The van der Waals surface area contributed by atoms with Crippen molar-refractivity contribution in [3.8, 4) is 0 Å². The Morgan fingerprint density at radius 3 is 2.35 bits per heavy atom. The number of ether oxygens (including phenoxy) is 1. The molecule has 0 radical (unpaired) electrons. The molecule has 1 aromatic heterocycles. The number of hydrogen-bond acceptors (Lipinski definition) is 6. The summed E-state index contributed by atoms with van der Waals surface area (Å²) in [5.74, 6) is -0.395. The summed E-state index contributed by atoms with van der Waals surface area (Å²) in [6.07, 6.45) is 3.02. The van der Waals surface area contributed by atoms with Crippen LogP contribution in [0.1, 0.15) is 29.6 Å². The van der Waals surface area contributed by atoms with Crippen LogP contribution < -0.4 is 0 Å². The Morgan fingerprint density at radius 2 is 1.73 bits per heavy atom. The lowest BCUT2D eigenvalue weighted by Gasteiger charge is -2.21. The summed E-state index contributed by atoms with van der Waals surface area (Å²) in [4.78, 5) is 27.2. The summed E-state index contributed by atoms with van der Waals surface area (Å²) in [6, 6.07) is 16.8. The van der Waals surface area contributed by atoms with Crippen molar-refractivity contribution in [2.45, 2.75) is 31.8 Å². The minimum atomic E-state index is -3.90. The number of rotatable bonds is 10. The fraction of sp³-hybridized carbons (Fsp3) is 0.200. The number of aryl methyl sites for hydroxylation is 1. The first-order valence-electron chi connectivity index (χ1n) is 12.4. The van der Waals surface area contributed by atoms with E-state index in [0.717, 1.165) is 11.1 Å². The lowest BCUT2D eigenvalue weighted by molar-refractivity contribution is -0.136. The number of amides is 1. The van der Waals surface area contributed by atoms with E-state index in [-0.39, 0.29) is 47.3 Å². The highest BCUT2D eigenvalue weighted by atomic mass is 35.5. The van der Waals surface area contributed by atoms with E-state index in [1.54, 1.807) is 73.7 Å². The van der Waals surface area contributed by atoms with Gasteiger partial charge in [0.1, 0.15) is 11.5 Å². The van der Waals surface area contributed by atoms with Crippen molar-refractivity contribution in [3.05, 3.63) is 118 Å². The van der Waals surface area contributed by atoms with Crippen LogP contribution >= 0.6 is 11.6 Å². The molecule has 0 N–H and O–H groups in total. The Balaban J connectivity index is 1.67. The Hall–Kier alpha value is -3.92. The molecule has 2 aromatic carbocycles. The van der Waals surface area contributed by atoms with Crippen molar-refractivity contribution < 1.29 is 27.2 Å². The maximum atomic E-state index is 13.7. The van der Waals surface area contributed by atoms with Crippen LogP contribution in [0.3, 0.4) is 0 Å². The zero-order valence-electron chi connectivity index (χ0n) is 22.4. The van der Waals surface area contributed by atoms with E-state index in [4.69, 9.17) is 20.8 Å². The number of benzene rings is 2. The van der Waals surface area contributed by atoms with Crippen LogP contribution in [0, 0.1) is 6.92 Å². The summed E-state index contributed by atoms with van der Waals surface area (Å²) in [5.41, 5.74) is 2.40. The Bertz CT molecular complexity index is 1600. The van der Waals surface area contributed by atoms with E-state index in [1.807, 2.05) is 6.92 Å². The molecule has 1 amide bonds. The number of allylic oxidation sites excluding steroid dienone is 1. The van der Waals surface area contributed by atoms with Gasteiger partial charge in [-0.1, -0.05) is 47.5 Å². The van der Waals surface area contributed by atoms with Gasteiger partial charge < -0.3 is 14.1 Å². The molecule has 1 aliphatic heterocycles. The summed E-state index contributed by atoms with van der Waals surface area (Å²) >= 11 is 6.02. The van der Waals surface area contributed by atoms with Gasteiger partial charge in [-0.25, -0.2) is 13.2 Å². The molecule has 0 saturated heterocycles. The van der Waals surface area contributed by atoms with Gasteiger partial charge in [-0.2, -0.15) is 4.31 Å². The second kappa shape index (κ2) is 12.1. The van der Waals surface area contributed by atoms with Crippen molar-refractivity contribution in [2.24, 2.45) is 0 Å². The molecular formula is C30H29ClN2O6S. The monoisotopic (exact) mass is 580 g/mol. The minimum absolute atomic E-state index is 0.0722. The third kappa shape index (κ3) is 6.12. The molecule has 4 rings (SSSR count). The average Bonchev–Trinajstić information content (AvgIpc) is 3.47. The normalized spacial score (nSPS) is 14.9. The minimum Gasteiger partial charge on any atom is -0.465 e. The van der Waals surface area contributed by atoms with E-state index in [9.17, 15) is 18.0 Å². The standard InChI is InChI=1S/C30H29ClN2O6S/c1-5-16-33-21(3)28(30(35)38-4)27(29(33)34)17-24-12-13-25(39-24)19-32(18-22-8-10-23(31)11-9-22)40(36,37)26-14-6-20(2)7-15-26/h5-15,17H,1,16,18-19H2,2-4H3/b27-17+. The lowest BCUT2D eigenvalue weighted by Crippen LogP contribution is -2.30. The second-order valence-electron chi connectivity index (χ2n) is 9.23. The van der Waals surface area contributed by atoms with Gasteiger partial charge in [0, 0.05) is 23.8 Å². The van der Waals surface area contributed by atoms with E-state index in [1.165, 1.54) is 22.4 Å². The highest BCUT2D eigenvalue weighted by Crippen LogP contribution is 2.32. The topological polar surface area (TPSA) is 97.1 Å². The first-order chi connectivity index (χ1) is 19.0. The maximum absolute atomic E-state index is 13.7. The van der Waals surface area contributed by atoms with Gasteiger partial charge in [-0.3, -0.25) is 4.79 Å². The molecule has 10 heteroatoms. The summed E-state index contributed by atoms with van der Waals surface area (Å²) in [6.45, 7) is 7.45. The molecule has 0 bridgehead atoms. The molecule has 0 atom stereocenters. The third-order valence-electron chi connectivity index (χ3n) is 6.44. The van der Waals surface area contributed by atoms with Gasteiger partial charge in [-0.15, -0.1) is 6.58 Å². The predicted octanol–water partition coefficient (Wildman–Crippen LogP) is 5.49. The molecule has 0 fully saturated rings. The van der Waals surface area contributed by atoms with Gasteiger partial charge in [-0.05, 0) is 61.9 Å². The zero-order chi connectivity index (χ0) is 29.0. The summed E-state index contributed by atoms with van der Waals surface area (Å²) < 4.78 is 39.5. The first-order valence-corrected chi connectivity index (χ1v) is 14.2. The zero-order valence-corrected chi connectivity index (χ0v) is 24.0.